The van der Waals surface area contributed by atoms with Crippen LogP contribution < -0.4 is 5.32 Å². The number of carbonyl (C=O) groups is 1. The number of nitrogens with one attached hydrogen (secondary N) is 1. The molecule has 2 aromatic heterocycles. The van der Waals surface area contributed by atoms with Crippen LogP contribution in [0, 0.1) is 12.8 Å². The highest BCUT2D eigenvalue weighted by Crippen LogP contribution is 2.24. The van der Waals surface area contributed by atoms with E-state index in [4.69, 9.17) is 0 Å². The summed E-state index contributed by atoms with van der Waals surface area (Å²) in [5.74, 6) is 0.507. The fraction of sp³-hybridized carbons (Fsp3) is 0.476. The van der Waals surface area contributed by atoms with Gasteiger partial charge in [-0.3, -0.25) is 4.79 Å². The third-order valence-corrected chi connectivity index (χ3v) is 8.59. The normalized spacial score (nSPS) is 16.1. The maximum atomic E-state index is 12.8. The summed E-state index contributed by atoms with van der Waals surface area (Å²) in [5.41, 5.74) is 1.02. The number of rotatable bonds is 7. The van der Waals surface area contributed by atoms with Crippen LogP contribution in [0.2, 0.25) is 0 Å². The SMILES string of the molecule is Cc1nc(S(=O)(=O)N2CCC(C(=O)NCCCc3nc4ccccc4s3)CC2)cn1C. The van der Waals surface area contributed by atoms with Crippen molar-refractivity contribution in [2.45, 2.75) is 37.6 Å². The fourth-order valence-electron chi connectivity index (χ4n) is 3.76. The Hall–Kier alpha value is -2.30. The van der Waals surface area contributed by atoms with Crippen molar-refractivity contribution < 1.29 is 13.2 Å². The Balaban J connectivity index is 1.22. The molecule has 0 atom stereocenters. The third kappa shape index (κ3) is 4.81. The summed E-state index contributed by atoms with van der Waals surface area (Å²) in [4.78, 5) is 21.3. The van der Waals surface area contributed by atoms with Gasteiger partial charge in [-0.15, -0.1) is 11.3 Å². The van der Waals surface area contributed by atoms with Crippen molar-refractivity contribution in [1.82, 2.24) is 24.2 Å². The van der Waals surface area contributed by atoms with Crippen molar-refractivity contribution in [2.75, 3.05) is 19.6 Å². The Morgan fingerprint density at radius 1 is 1.23 bits per heavy atom. The lowest BCUT2D eigenvalue weighted by atomic mass is 9.97. The number of fused-ring (bicyclic) bond motifs is 1. The van der Waals surface area contributed by atoms with E-state index in [9.17, 15) is 13.2 Å². The molecule has 3 aromatic rings. The van der Waals surface area contributed by atoms with Crippen LogP contribution in [0.5, 0.6) is 0 Å². The number of hydrogen-bond donors (Lipinski definition) is 1. The number of piperidine rings is 1. The number of nitrogens with zero attached hydrogens (tertiary/aromatic N) is 4. The largest absolute Gasteiger partial charge is 0.356 e. The summed E-state index contributed by atoms with van der Waals surface area (Å²) >= 11 is 1.69. The Bertz CT molecular complexity index is 1120. The van der Waals surface area contributed by atoms with Gasteiger partial charge in [-0.25, -0.2) is 18.4 Å². The van der Waals surface area contributed by atoms with Crippen molar-refractivity contribution in [3.05, 3.63) is 41.3 Å². The van der Waals surface area contributed by atoms with Gasteiger partial charge in [0.1, 0.15) is 5.82 Å². The molecule has 31 heavy (non-hydrogen) atoms. The number of imidazole rings is 1. The van der Waals surface area contributed by atoms with Gasteiger partial charge in [0.25, 0.3) is 10.0 Å². The van der Waals surface area contributed by atoms with Gasteiger partial charge in [-0.1, -0.05) is 12.1 Å². The predicted molar refractivity (Wildman–Crippen MR) is 120 cm³/mol. The van der Waals surface area contributed by atoms with Gasteiger partial charge >= 0.3 is 0 Å². The molecule has 0 unspecified atom stereocenters. The zero-order valence-electron chi connectivity index (χ0n) is 17.7. The second kappa shape index (κ2) is 9.05. The molecular weight excluding hydrogens is 434 g/mol. The lowest BCUT2D eigenvalue weighted by Crippen LogP contribution is -2.43. The second-order valence-electron chi connectivity index (χ2n) is 7.89. The van der Waals surface area contributed by atoms with E-state index in [1.807, 2.05) is 18.2 Å². The van der Waals surface area contributed by atoms with Gasteiger partial charge < -0.3 is 9.88 Å². The molecule has 0 saturated carbocycles. The van der Waals surface area contributed by atoms with Crippen LogP contribution in [0.15, 0.2) is 35.5 Å². The molecule has 1 aliphatic heterocycles. The highest BCUT2D eigenvalue weighted by Gasteiger charge is 2.33. The van der Waals surface area contributed by atoms with Crippen molar-refractivity contribution >= 4 is 37.5 Å². The van der Waals surface area contributed by atoms with Gasteiger partial charge in [0.05, 0.1) is 15.2 Å². The Kier molecular flexibility index (Phi) is 6.40. The van der Waals surface area contributed by atoms with Crippen LogP contribution in [0.4, 0.5) is 0 Å². The molecule has 10 heteroatoms. The van der Waals surface area contributed by atoms with Crippen LogP contribution in [0.3, 0.4) is 0 Å². The Labute approximate surface area is 186 Å². The van der Waals surface area contributed by atoms with E-state index in [1.165, 1.54) is 15.2 Å². The first-order valence-electron chi connectivity index (χ1n) is 10.5. The molecule has 3 heterocycles. The molecule has 1 aromatic carbocycles. The molecule has 0 bridgehead atoms. The summed E-state index contributed by atoms with van der Waals surface area (Å²) in [6.07, 6.45) is 4.25. The van der Waals surface area contributed by atoms with E-state index in [0.29, 0.717) is 38.3 Å². The predicted octanol–water partition coefficient (Wildman–Crippen LogP) is 2.49. The van der Waals surface area contributed by atoms with E-state index in [0.717, 1.165) is 23.4 Å². The molecule has 1 fully saturated rings. The zero-order chi connectivity index (χ0) is 22.0. The molecule has 1 saturated heterocycles. The van der Waals surface area contributed by atoms with E-state index in [-0.39, 0.29) is 16.9 Å². The van der Waals surface area contributed by atoms with Crippen LogP contribution in [-0.4, -0.2) is 52.8 Å². The maximum absolute atomic E-state index is 12.8. The number of sulfonamides is 1. The van der Waals surface area contributed by atoms with Gasteiger partial charge in [-0.2, -0.15) is 4.31 Å². The van der Waals surface area contributed by atoms with Crippen LogP contribution in [-0.2, 0) is 28.3 Å². The maximum Gasteiger partial charge on any atom is 0.262 e. The summed E-state index contributed by atoms with van der Waals surface area (Å²) < 4.78 is 29.9. The lowest BCUT2D eigenvalue weighted by molar-refractivity contribution is -0.126. The molecule has 1 N–H and O–H groups in total. The van der Waals surface area contributed by atoms with Gasteiger partial charge in [0, 0.05) is 45.2 Å². The number of aryl methyl sites for hydroxylation is 3. The number of benzene rings is 1. The smallest absolute Gasteiger partial charge is 0.262 e. The van der Waals surface area contributed by atoms with Crippen molar-refractivity contribution in [3.63, 3.8) is 0 Å². The summed E-state index contributed by atoms with van der Waals surface area (Å²) in [5, 5.41) is 4.16. The number of aromatic nitrogens is 3. The monoisotopic (exact) mass is 461 g/mol. The molecule has 1 aliphatic rings. The van der Waals surface area contributed by atoms with Gasteiger partial charge in [0.15, 0.2) is 5.03 Å². The second-order valence-corrected chi connectivity index (χ2v) is 10.9. The zero-order valence-corrected chi connectivity index (χ0v) is 19.4. The molecule has 0 aliphatic carbocycles. The molecule has 0 radical (unpaired) electrons. The average molecular weight is 462 g/mol. The standard InChI is InChI=1S/C21H27N5O3S2/c1-15-23-20(14-25(15)2)31(28,29)26-12-9-16(10-13-26)21(27)22-11-5-8-19-24-17-6-3-4-7-18(17)30-19/h3-4,6-7,14,16H,5,8-13H2,1-2H3,(H,22,27). The third-order valence-electron chi connectivity index (χ3n) is 5.72. The molecular formula is C21H27N5O3S2. The number of carbonyl (C=O) groups excluding carboxylic acids is 1. The first-order chi connectivity index (χ1) is 14.8. The summed E-state index contributed by atoms with van der Waals surface area (Å²) in [6, 6.07) is 8.08. The molecule has 1 amide bonds. The first-order valence-corrected chi connectivity index (χ1v) is 12.7. The number of para-hydroxylation sites is 1. The van der Waals surface area contributed by atoms with Crippen molar-refractivity contribution in [1.29, 1.82) is 0 Å². The number of hydrogen-bond acceptors (Lipinski definition) is 6. The average Bonchev–Trinajstić information content (AvgIpc) is 3.34. The van der Waals surface area contributed by atoms with E-state index < -0.39 is 10.0 Å². The molecule has 166 valence electrons. The van der Waals surface area contributed by atoms with Crippen LogP contribution >= 0.6 is 11.3 Å². The molecule has 0 spiro atoms. The van der Waals surface area contributed by atoms with Crippen molar-refractivity contribution in [3.8, 4) is 0 Å². The van der Waals surface area contributed by atoms with Gasteiger partial charge in [-0.05, 0) is 38.3 Å². The van der Waals surface area contributed by atoms with Crippen molar-refractivity contribution in [2.24, 2.45) is 13.0 Å². The summed E-state index contributed by atoms with van der Waals surface area (Å²) in [7, 11) is -1.84. The minimum absolute atomic E-state index is 0.00929. The highest BCUT2D eigenvalue weighted by atomic mass is 32.2. The summed E-state index contributed by atoms with van der Waals surface area (Å²) in [6.45, 7) is 3.04. The number of amides is 1. The minimum Gasteiger partial charge on any atom is -0.356 e. The number of thiazole rings is 1. The lowest BCUT2D eigenvalue weighted by Gasteiger charge is -2.29. The minimum atomic E-state index is -3.61. The van der Waals surface area contributed by atoms with E-state index in [2.05, 4.69) is 21.4 Å². The topological polar surface area (TPSA) is 97.2 Å². The quantitative estimate of drug-likeness (QED) is 0.545. The molecule has 8 nitrogen and oxygen atoms in total. The fourth-order valence-corrected chi connectivity index (χ4v) is 6.27. The Morgan fingerprint density at radius 2 is 1.97 bits per heavy atom. The first kappa shape index (κ1) is 21.9. The van der Waals surface area contributed by atoms with Gasteiger partial charge in [0.2, 0.25) is 5.91 Å². The van der Waals surface area contributed by atoms with E-state index >= 15 is 0 Å². The molecule has 4 rings (SSSR count). The van der Waals surface area contributed by atoms with Crippen LogP contribution in [0.1, 0.15) is 30.1 Å². The van der Waals surface area contributed by atoms with E-state index in [1.54, 1.807) is 29.9 Å². The Morgan fingerprint density at radius 3 is 2.65 bits per heavy atom. The highest BCUT2D eigenvalue weighted by molar-refractivity contribution is 7.89. The van der Waals surface area contributed by atoms with Crippen LogP contribution in [0.25, 0.3) is 10.2 Å².